The van der Waals surface area contributed by atoms with Gasteiger partial charge in [-0.2, -0.15) is 0 Å². The molecule has 2 amide bonds. The van der Waals surface area contributed by atoms with E-state index in [1.165, 1.54) is 11.3 Å². The van der Waals surface area contributed by atoms with Gasteiger partial charge in [-0.1, -0.05) is 13.8 Å². The quantitative estimate of drug-likeness (QED) is 0.695. The fraction of sp³-hybridized carbons (Fsp3) is 0.562. The smallest absolute Gasteiger partial charge is 0.280 e. The summed E-state index contributed by atoms with van der Waals surface area (Å²) in [4.78, 5) is 31.8. The molecule has 0 saturated carbocycles. The number of aliphatic hydroxyl groups excluding tert-OH is 1. The molecule has 1 saturated heterocycles. The lowest BCUT2D eigenvalue weighted by atomic mass is 10.2. The maximum atomic E-state index is 12.2. The molecule has 0 bridgehead atoms. The molecular weight excluding hydrogens is 370 g/mol. The van der Waals surface area contributed by atoms with Gasteiger partial charge in [0.25, 0.3) is 5.91 Å². The molecule has 0 aromatic carbocycles. The SMILES string of the molecule is CC(C)CNC(=O)c1nc(-n2cnnc2N2CCN(C(=O)CO)CC2)cs1. The van der Waals surface area contributed by atoms with E-state index in [1.54, 1.807) is 21.2 Å². The van der Waals surface area contributed by atoms with Crippen LogP contribution in [0.25, 0.3) is 5.82 Å². The van der Waals surface area contributed by atoms with E-state index in [-0.39, 0.29) is 11.8 Å². The van der Waals surface area contributed by atoms with Crippen LogP contribution in [0.2, 0.25) is 0 Å². The number of aromatic nitrogens is 4. The first-order chi connectivity index (χ1) is 13.0. The number of rotatable bonds is 6. The van der Waals surface area contributed by atoms with Gasteiger partial charge < -0.3 is 20.2 Å². The van der Waals surface area contributed by atoms with Crippen molar-refractivity contribution in [3.63, 3.8) is 0 Å². The van der Waals surface area contributed by atoms with Crippen LogP contribution in [-0.4, -0.2) is 80.9 Å². The third-order valence-corrected chi connectivity index (χ3v) is 5.01. The standard InChI is InChI=1S/C16H23N7O3S/c1-11(2)7-17-14(26)15-19-12(9-27-15)23-10-18-20-16(23)22-5-3-21(4-6-22)13(25)8-24/h9-11,24H,3-8H2,1-2H3,(H,17,26). The van der Waals surface area contributed by atoms with Crippen molar-refractivity contribution in [2.24, 2.45) is 5.92 Å². The molecule has 146 valence electrons. The van der Waals surface area contributed by atoms with Gasteiger partial charge in [-0.15, -0.1) is 21.5 Å². The molecular formula is C16H23N7O3S. The highest BCUT2D eigenvalue weighted by Crippen LogP contribution is 2.20. The molecule has 11 heteroatoms. The Balaban J connectivity index is 1.69. The van der Waals surface area contributed by atoms with Gasteiger partial charge in [-0.05, 0) is 5.92 Å². The Morgan fingerprint density at radius 1 is 1.30 bits per heavy atom. The van der Waals surface area contributed by atoms with E-state index in [2.05, 4.69) is 20.5 Å². The summed E-state index contributed by atoms with van der Waals surface area (Å²) in [6.45, 7) is 6.36. The van der Waals surface area contributed by atoms with Gasteiger partial charge in [-0.25, -0.2) is 4.98 Å². The first-order valence-corrected chi connectivity index (χ1v) is 9.65. The van der Waals surface area contributed by atoms with Crippen molar-refractivity contribution in [1.29, 1.82) is 0 Å². The Morgan fingerprint density at radius 3 is 2.70 bits per heavy atom. The highest BCUT2D eigenvalue weighted by molar-refractivity contribution is 7.11. The first kappa shape index (κ1) is 19.2. The van der Waals surface area contributed by atoms with Crippen LogP contribution in [0.1, 0.15) is 23.6 Å². The summed E-state index contributed by atoms with van der Waals surface area (Å²) in [6.07, 6.45) is 1.56. The third kappa shape index (κ3) is 4.42. The van der Waals surface area contributed by atoms with E-state index >= 15 is 0 Å². The number of hydrogen-bond donors (Lipinski definition) is 2. The average Bonchev–Trinajstić information content (AvgIpc) is 3.34. The van der Waals surface area contributed by atoms with Crippen molar-refractivity contribution in [3.05, 3.63) is 16.7 Å². The molecule has 3 rings (SSSR count). The van der Waals surface area contributed by atoms with Crippen LogP contribution < -0.4 is 10.2 Å². The summed E-state index contributed by atoms with van der Waals surface area (Å²) in [7, 11) is 0. The van der Waals surface area contributed by atoms with Crippen LogP contribution in [-0.2, 0) is 4.79 Å². The van der Waals surface area contributed by atoms with Gasteiger partial charge in [-0.3, -0.25) is 14.2 Å². The molecule has 2 aromatic heterocycles. The Morgan fingerprint density at radius 2 is 2.04 bits per heavy atom. The topological polar surface area (TPSA) is 116 Å². The first-order valence-electron chi connectivity index (χ1n) is 8.77. The van der Waals surface area contributed by atoms with E-state index in [1.807, 2.05) is 18.7 Å². The van der Waals surface area contributed by atoms with E-state index in [4.69, 9.17) is 5.11 Å². The number of nitrogens with zero attached hydrogens (tertiary/aromatic N) is 6. The van der Waals surface area contributed by atoms with Crippen LogP contribution in [0, 0.1) is 5.92 Å². The van der Waals surface area contributed by atoms with E-state index < -0.39 is 6.61 Å². The molecule has 1 fully saturated rings. The minimum Gasteiger partial charge on any atom is -0.387 e. The fourth-order valence-corrected chi connectivity index (χ4v) is 3.42. The number of thiazole rings is 1. The van der Waals surface area contributed by atoms with E-state index in [0.29, 0.717) is 55.4 Å². The predicted molar refractivity (Wildman–Crippen MR) is 100 cm³/mol. The second-order valence-corrected chi connectivity index (χ2v) is 7.50. The molecule has 1 aliphatic heterocycles. The zero-order chi connectivity index (χ0) is 19.4. The van der Waals surface area contributed by atoms with Crippen LogP contribution in [0.4, 0.5) is 5.95 Å². The van der Waals surface area contributed by atoms with Crippen LogP contribution >= 0.6 is 11.3 Å². The Bertz CT molecular complexity index is 796. The van der Waals surface area contributed by atoms with Crippen molar-refractivity contribution in [1.82, 2.24) is 30.0 Å². The van der Waals surface area contributed by atoms with E-state index in [9.17, 15) is 9.59 Å². The van der Waals surface area contributed by atoms with Crippen molar-refractivity contribution in [2.75, 3.05) is 44.2 Å². The molecule has 0 radical (unpaired) electrons. The third-order valence-electron chi connectivity index (χ3n) is 4.18. The number of piperazine rings is 1. The lowest BCUT2D eigenvalue weighted by Gasteiger charge is -2.34. The summed E-state index contributed by atoms with van der Waals surface area (Å²) >= 11 is 1.27. The second-order valence-electron chi connectivity index (χ2n) is 6.64. The molecule has 27 heavy (non-hydrogen) atoms. The fourth-order valence-electron chi connectivity index (χ4n) is 2.71. The monoisotopic (exact) mass is 393 g/mol. The van der Waals surface area contributed by atoms with Crippen LogP contribution in [0.5, 0.6) is 0 Å². The molecule has 10 nitrogen and oxygen atoms in total. The zero-order valence-corrected chi connectivity index (χ0v) is 16.1. The molecule has 0 aliphatic carbocycles. The summed E-state index contributed by atoms with van der Waals surface area (Å²) in [6, 6.07) is 0. The molecule has 0 unspecified atom stereocenters. The maximum absolute atomic E-state index is 12.2. The largest absolute Gasteiger partial charge is 0.387 e. The summed E-state index contributed by atoms with van der Waals surface area (Å²) in [5, 5.41) is 22.2. The Kier molecular flexibility index (Phi) is 6.01. The highest BCUT2D eigenvalue weighted by atomic mass is 32.1. The van der Waals surface area contributed by atoms with Crippen LogP contribution in [0.3, 0.4) is 0 Å². The number of nitrogens with one attached hydrogen (secondary N) is 1. The van der Waals surface area contributed by atoms with E-state index in [0.717, 1.165) is 0 Å². The summed E-state index contributed by atoms with van der Waals surface area (Å²) < 4.78 is 1.74. The van der Waals surface area contributed by atoms with Crippen molar-refractivity contribution in [3.8, 4) is 5.82 Å². The molecule has 3 heterocycles. The number of amides is 2. The number of carbonyl (C=O) groups excluding carboxylic acids is 2. The maximum Gasteiger partial charge on any atom is 0.280 e. The molecule has 2 aromatic rings. The van der Waals surface area contributed by atoms with Gasteiger partial charge >= 0.3 is 0 Å². The van der Waals surface area contributed by atoms with Gasteiger partial charge in [0.2, 0.25) is 11.9 Å². The second kappa shape index (κ2) is 8.44. The summed E-state index contributed by atoms with van der Waals surface area (Å²) in [5.41, 5.74) is 0. The lowest BCUT2D eigenvalue weighted by molar-refractivity contribution is -0.134. The molecule has 1 aliphatic rings. The van der Waals surface area contributed by atoms with Crippen molar-refractivity contribution >= 4 is 29.1 Å². The normalized spacial score (nSPS) is 14.7. The summed E-state index contributed by atoms with van der Waals surface area (Å²) in [5.74, 6) is 1.11. The minimum absolute atomic E-state index is 0.189. The molecule has 0 atom stereocenters. The molecule has 0 spiro atoms. The number of aliphatic hydroxyl groups is 1. The van der Waals surface area contributed by atoms with Crippen molar-refractivity contribution < 1.29 is 14.7 Å². The van der Waals surface area contributed by atoms with Gasteiger partial charge in [0, 0.05) is 38.1 Å². The Hall–Kier alpha value is -2.53. The molecule has 2 N–H and O–H groups in total. The number of anilines is 1. The number of carbonyl (C=O) groups is 2. The lowest BCUT2D eigenvalue weighted by Crippen LogP contribution is -2.50. The minimum atomic E-state index is -0.476. The number of hydrogen-bond acceptors (Lipinski definition) is 8. The van der Waals surface area contributed by atoms with Crippen molar-refractivity contribution in [2.45, 2.75) is 13.8 Å². The highest BCUT2D eigenvalue weighted by Gasteiger charge is 2.24. The zero-order valence-electron chi connectivity index (χ0n) is 15.3. The average molecular weight is 393 g/mol. The van der Waals surface area contributed by atoms with Gasteiger partial charge in [0.15, 0.2) is 10.8 Å². The van der Waals surface area contributed by atoms with Crippen LogP contribution in [0.15, 0.2) is 11.7 Å². The van der Waals surface area contributed by atoms with Gasteiger partial charge in [0.1, 0.15) is 12.9 Å². The Labute approximate surface area is 160 Å². The van der Waals surface area contributed by atoms with Gasteiger partial charge in [0.05, 0.1) is 0 Å². The predicted octanol–water partition coefficient (Wildman–Crippen LogP) is -0.249.